The molecule has 0 aromatic heterocycles. The summed E-state index contributed by atoms with van der Waals surface area (Å²) < 4.78 is 5.41. The Bertz CT molecular complexity index is 428. The molecule has 0 bridgehead atoms. The van der Waals surface area contributed by atoms with Crippen LogP contribution in [-0.4, -0.2) is 19.7 Å². The van der Waals surface area contributed by atoms with Crippen molar-refractivity contribution in [1.82, 2.24) is 5.32 Å². The molecule has 1 aliphatic carbocycles. The van der Waals surface area contributed by atoms with Gasteiger partial charge in [-0.05, 0) is 74.8 Å². The molecule has 0 aliphatic heterocycles. The Hall–Kier alpha value is -1.02. The summed E-state index contributed by atoms with van der Waals surface area (Å²) >= 11 is 0. The van der Waals surface area contributed by atoms with Gasteiger partial charge in [-0.15, -0.1) is 0 Å². The Kier molecular flexibility index (Phi) is 4.87. The lowest BCUT2D eigenvalue weighted by Crippen LogP contribution is -2.26. The summed E-state index contributed by atoms with van der Waals surface area (Å²) in [6.07, 6.45) is 5.14. The summed E-state index contributed by atoms with van der Waals surface area (Å²) in [6.45, 7) is 7.74. The van der Waals surface area contributed by atoms with Gasteiger partial charge in [0.05, 0.1) is 7.11 Å². The monoisotopic (exact) mass is 261 g/mol. The van der Waals surface area contributed by atoms with Gasteiger partial charge in [0, 0.05) is 6.04 Å². The molecule has 0 amide bonds. The molecule has 19 heavy (non-hydrogen) atoms. The van der Waals surface area contributed by atoms with Gasteiger partial charge in [-0.1, -0.05) is 13.0 Å². The largest absolute Gasteiger partial charge is 0.496 e. The molecule has 2 unspecified atom stereocenters. The third kappa shape index (κ3) is 3.30. The zero-order chi connectivity index (χ0) is 13.8. The molecule has 0 spiro atoms. The molecule has 0 radical (unpaired) electrons. The molecule has 1 saturated carbocycles. The van der Waals surface area contributed by atoms with Crippen molar-refractivity contribution in [3.63, 3.8) is 0 Å². The van der Waals surface area contributed by atoms with Crippen LogP contribution in [0.15, 0.2) is 12.1 Å². The van der Waals surface area contributed by atoms with Crippen LogP contribution in [0, 0.1) is 13.8 Å². The smallest absolute Gasteiger partial charge is 0.122 e. The number of ether oxygens (including phenoxy) is 1. The first-order valence-corrected chi connectivity index (χ1v) is 7.54. The van der Waals surface area contributed by atoms with E-state index in [1.165, 1.54) is 42.4 Å². The number of hydrogen-bond donors (Lipinski definition) is 1. The molecule has 1 aromatic rings. The van der Waals surface area contributed by atoms with E-state index >= 15 is 0 Å². The third-order valence-electron chi connectivity index (χ3n) is 4.34. The van der Waals surface area contributed by atoms with Crippen LogP contribution in [0.5, 0.6) is 5.75 Å². The average molecular weight is 261 g/mol. The van der Waals surface area contributed by atoms with Crippen LogP contribution >= 0.6 is 0 Å². The maximum atomic E-state index is 5.41. The summed E-state index contributed by atoms with van der Waals surface area (Å²) in [5.41, 5.74) is 4.16. The zero-order valence-corrected chi connectivity index (χ0v) is 12.8. The van der Waals surface area contributed by atoms with Gasteiger partial charge < -0.3 is 10.1 Å². The lowest BCUT2D eigenvalue weighted by Gasteiger charge is -2.17. The molecule has 106 valence electrons. The van der Waals surface area contributed by atoms with E-state index in [0.717, 1.165) is 18.2 Å². The second-order valence-corrected chi connectivity index (χ2v) is 5.84. The minimum absolute atomic E-state index is 0.715. The van der Waals surface area contributed by atoms with E-state index in [9.17, 15) is 0 Å². The number of rotatable bonds is 5. The van der Waals surface area contributed by atoms with Crippen LogP contribution in [0.4, 0.5) is 0 Å². The Balaban J connectivity index is 2.09. The Labute approximate surface area is 117 Å². The minimum atomic E-state index is 0.715. The summed E-state index contributed by atoms with van der Waals surface area (Å²) in [5, 5.41) is 3.66. The van der Waals surface area contributed by atoms with Gasteiger partial charge in [0.15, 0.2) is 0 Å². The molecule has 1 aromatic carbocycles. The second-order valence-electron chi connectivity index (χ2n) is 5.84. The van der Waals surface area contributed by atoms with Crippen LogP contribution in [0.1, 0.15) is 55.2 Å². The van der Waals surface area contributed by atoms with Crippen molar-refractivity contribution in [2.24, 2.45) is 0 Å². The van der Waals surface area contributed by atoms with Crippen LogP contribution in [-0.2, 0) is 0 Å². The summed E-state index contributed by atoms with van der Waals surface area (Å²) in [6, 6.07) is 5.24. The Morgan fingerprint density at radius 3 is 2.68 bits per heavy atom. The van der Waals surface area contributed by atoms with E-state index < -0.39 is 0 Å². The number of nitrogens with one attached hydrogen (secondary N) is 1. The van der Waals surface area contributed by atoms with Crippen molar-refractivity contribution >= 4 is 0 Å². The van der Waals surface area contributed by atoms with Crippen molar-refractivity contribution in [2.45, 2.75) is 58.4 Å². The van der Waals surface area contributed by atoms with Crippen LogP contribution in [0.25, 0.3) is 0 Å². The van der Waals surface area contributed by atoms with Crippen LogP contribution in [0.2, 0.25) is 0 Å². The number of aryl methyl sites for hydroxylation is 2. The average Bonchev–Trinajstić information content (AvgIpc) is 2.87. The van der Waals surface area contributed by atoms with Gasteiger partial charge in [0.1, 0.15) is 5.75 Å². The molecular formula is C17H27NO. The predicted octanol–water partition coefficient (Wildman–Crippen LogP) is 3.95. The van der Waals surface area contributed by atoms with Crippen molar-refractivity contribution in [1.29, 1.82) is 0 Å². The van der Waals surface area contributed by atoms with Gasteiger partial charge in [-0.3, -0.25) is 0 Å². The maximum Gasteiger partial charge on any atom is 0.122 e. The Morgan fingerprint density at radius 2 is 2.00 bits per heavy atom. The van der Waals surface area contributed by atoms with Crippen molar-refractivity contribution in [3.8, 4) is 5.75 Å². The molecule has 1 fully saturated rings. The molecule has 0 saturated heterocycles. The second kappa shape index (κ2) is 6.42. The highest BCUT2D eigenvalue weighted by molar-refractivity contribution is 5.43. The van der Waals surface area contributed by atoms with E-state index in [-0.39, 0.29) is 0 Å². The minimum Gasteiger partial charge on any atom is -0.496 e. The molecule has 2 atom stereocenters. The molecule has 2 rings (SSSR count). The third-order valence-corrected chi connectivity index (χ3v) is 4.34. The van der Waals surface area contributed by atoms with Crippen molar-refractivity contribution in [3.05, 3.63) is 28.8 Å². The molecule has 0 heterocycles. The van der Waals surface area contributed by atoms with Gasteiger partial charge in [-0.25, -0.2) is 0 Å². The van der Waals surface area contributed by atoms with E-state index in [1.807, 2.05) is 0 Å². The first-order chi connectivity index (χ1) is 9.15. The summed E-state index contributed by atoms with van der Waals surface area (Å²) in [5.74, 6) is 1.74. The molecular weight excluding hydrogens is 234 g/mol. The lowest BCUT2D eigenvalue weighted by molar-refractivity contribution is 0.411. The fraction of sp³-hybridized carbons (Fsp3) is 0.647. The Morgan fingerprint density at radius 1 is 1.21 bits per heavy atom. The first-order valence-electron chi connectivity index (χ1n) is 7.54. The quantitative estimate of drug-likeness (QED) is 0.866. The summed E-state index contributed by atoms with van der Waals surface area (Å²) in [7, 11) is 1.75. The van der Waals surface area contributed by atoms with Crippen LogP contribution < -0.4 is 10.1 Å². The number of methoxy groups -OCH3 is 1. The van der Waals surface area contributed by atoms with E-state index in [0.29, 0.717) is 6.04 Å². The topological polar surface area (TPSA) is 21.3 Å². The fourth-order valence-electron chi connectivity index (χ4n) is 3.27. The highest BCUT2D eigenvalue weighted by Gasteiger charge is 2.26. The SMILES string of the molecule is CCCNC1CCC(c2cc(C)c(OC)cc2C)C1. The van der Waals surface area contributed by atoms with Gasteiger partial charge in [-0.2, -0.15) is 0 Å². The van der Waals surface area contributed by atoms with E-state index in [2.05, 4.69) is 38.2 Å². The van der Waals surface area contributed by atoms with Gasteiger partial charge >= 0.3 is 0 Å². The maximum absolute atomic E-state index is 5.41. The van der Waals surface area contributed by atoms with Crippen molar-refractivity contribution < 1.29 is 4.74 Å². The zero-order valence-electron chi connectivity index (χ0n) is 12.8. The van der Waals surface area contributed by atoms with E-state index in [4.69, 9.17) is 4.74 Å². The normalized spacial score (nSPS) is 22.7. The highest BCUT2D eigenvalue weighted by atomic mass is 16.5. The molecule has 1 aliphatic rings. The molecule has 2 heteroatoms. The lowest BCUT2D eigenvalue weighted by atomic mass is 9.91. The highest BCUT2D eigenvalue weighted by Crippen LogP contribution is 2.38. The number of benzene rings is 1. The fourth-order valence-corrected chi connectivity index (χ4v) is 3.27. The summed E-state index contributed by atoms with van der Waals surface area (Å²) in [4.78, 5) is 0. The van der Waals surface area contributed by atoms with Gasteiger partial charge in [0.2, 0.25) is 0 Å². The molecule has 2 nitrogen and oxygen atoms in total. The first kappa shape index (κ1) is 14.4. The van der Waals surface area contributed by atoms with E-state index in [1.54, 1.807) is 7.11 Å². The van der Waals surface area contributed by atoms with Crippen LogP contribution in [0.3, 0.4) is 0 Å². The predicted molar refractivity (Wildman–Crippen MR) is 81.1 cm³/mol. The van der Waals surface area contributed by atoms with Crippen molar-refractivity contribution in [2.75, 3.05) is 13.7 Å². The number of hydrogen-bond acceptors (Lipinski definition) is 2. The molecule has 1 N–H and O–H groups in total. The standard InChI is InChI=1S/C17H27NO/c1-5-8-18-15-7-6-14(11-15)16-9-13(3)17(19-4)10-12(16)2/h9-10,14-15,18H,5-8,11H2,1-4H3. The van der Waals surface area contributed by atoms with Gasteiger partial charge in [0.25, 0.3) is 0 Å².